The third-order valence-electron chi connectivity index (χ3n) is 2.89. The van der Waals surface area contributed by atoms with Crippen LogP contribution in [0.4, 0.5) is 22.0 Å². The van der Waals surface area contributed by atoms with Gasteiger partial charge in [0.05, 0.1) is 6.61 Å². The first kappa shape index (κ1) is 16.9. The molecular formula is C12H15F5O2Si. The molecule has 0 heterocycles. The topological polar surface area (TPSA) is 18.5 Å². The molecule has 8 heteroatoms. The first-order valence-electron chi connectivity index (χ1n) is 5.90. The molecule has 1 aromatic rings. The van der Waals surface area contributed by atoms with Crippen LogP contribution in [0, 0.1) is 29.1 Å². The molecule has 0 aromatic heterocycles. The van der Waals surface area contributed by atoms with E-state index in [1.54, 1.807) is 7.11 Å². The fourth-order valence-corrected chi connectivity index (χ4v) is 2.69. The quantitative estimate of drug-likeness (QED) is 0.260. The molecular weight excluding hydrogens is 299 g/mol. The number of ether oxygens (including phenoxy) is 1. The van der Waals surface area contributed by atoms with Crippen molar-refractivity contribution in [2.24, 2.45) is 0 Å². The summed E-state index contributed by atoms with van der Waals surface area (Å²) >= 11 is 0. The second-order valence-corrected chi connectivity index (χ2v) is 9.24. The van der Waals surface area contributed by atoms with Gasteiger partial charge in [0.1, 0.15) is 0 Å². The minimum absolute atomic E-state index is 0.155. The Labute approximate surface area is 114 Å². The van der Waals surface area contributed by atoms with Crippen molar-refractivity contribution in [1.29, 1.82) is 0 Å². The highest BCUT2D eigenvalue weighted by Crippen LogP contribution is 2.29. The molecule has 0 atom stereocenters. The van der Waals surface area contributed by atoms with Crippen molar-refractivity contribution in [3.05, 3.63) is 29.1 Å². The molecule has 0 aliphatic carbocycles. The van der Waals surface area contributed by atoms with Crippen molar-refractivity contribution in [2.75, 3.05) is 13.7 Å². The molecule has 0 saturated carbocycles. The van der Waals surface area contributed by atoms with Gasteiger partial charge in [-0.25, -0.2) is 13.2 Å². The van der Waals surface area contributed by atoms with Crippen LogP contribution in [-0.4, -0.2) is 22.0 Å². The molecule has 0 saturated heterocycles. The maximum absolute atomic E-state index is 13.3. The van der Waals surface area contributed by atoms with E-state index < -0.39 is 43.2 Å². The second-order valence-electron chi connectivity index (χ2n) is 4.81. The standard InChI is InChI=1S/C12H15F5O2Si/c1-18-20(2,3)6-4-5-19-12-10(16)8(14)7(13)9(15)11(12)17/h4-6H2,1-3H3. The summed E-state index contributed by atoms with van der Waals surface area (Å²) in [6.45, 7) is 3.72. The number of benzene rings is 1. The Bertz CT molecular complexity index is 464. The van der Waals surface area contributed by atoms with Crippen molar-refractivity contribution in [3.8, 4) is 5.75 Å². The normalized spacial score (nSPS) is 11.8. The summed E-state index contributed by atoms with van der Waals surface area (Å²) in [5, 5.41) is 0. The summed E-state index contributed by atoms with van der Waals surface area (Å²) in [4.78, 5) is 0. The van der Waals surface area contributed by atoms with Crippen LogP contribution < -0.4 is 4.74 Å². The molecule has 1 rings (SSSR count). The smallest absolute Gasteiger partial charge is 0.206 e. The number of hydrogen-bond donors (Lipinski definition) is 0. The SMILES string of the molecule is CO[Si](C)(C)CCCOc1c(F)c(F)c(F)c(F)c1F. The Hall–Kier alpha value is -1.15. The van der Waals surface area contributed by atoms with Crippen LogP contribution in [-0.2, 0) is 4.43 Å². The van der Waals surface area contributed by atoms with Gasteiger partial charge >= 0.3 is 0 Å². The molecule has 0 radical (unpaired) electrons. The molecule has 1 aromatic carbocycles. The zero-order valence-electron chi connectivity index (χ0n) is 11.3. The van der Waals surface area contributed by atoms with Crippen LogP contribution in [0.25, 0.3) is 0 Å². The van der Waals surface area contributed by atoms with Gasteiger partial charge in [0.2, 0.25) is 29.1 Å². The minimum Gasteiger partial charge on any atom is -0.487 e. The molecule has 0 fully saturated rings. The van der Waals surface area contributed by atoms with Crippen LogP contribution in [0.5, 0.6) is 5.75 Å². The Balaban J connectivity index is 2.75. The fourth-order valence-electron chi connectivity index (χ4n) is 1.49. The van der Waals surface area contributed by atoms with E-state index in [1.807, 2.05) is 13.1 Å². The van der Waals surface area contributed by atoms with E-state index in [2.05, 4.69) is 0 Å². The maximum Gasteiger partial charge on any atom is 0.206 e. The molecule has 114 valence electrons. The molecule has 20 heavy (non-hydrogen) atoms. The van der Waals surface area contributed by atoms with Gasteiger partial charge in [-0.2, -0.15) is 8.78 Å². The molecule has 0 unspecified atom stereocenters. The molecule has 0 aliphatic rings. The lowest BCUT2D eigenvalue weighted by molar-refractivity contribution is 0.260. The molecule has 0 amide bonds. The predicted molar refractivity (Wildman–Crippen MR) is 65.6 cm³/mol. The van der Waals surface area contributed by atoms with E-state index in [9.17, 15) is 22.0 Å². The van der Waals surface area contributed by atoms with Gasteiger partial charge in [-0.3, -0.25) is 0 Å². The Morgan fingerprint density at radius 1 is 0.850 bits per heavy atom. The molecule has 0 spiro atoms. The number of halogens is 5. The summed E-state index contributed by atoms with van der Waals surface area (Å²) in [6.07, 6.45) is 0.395. The van der Waals surface area contributed by atoms with Gasteiger partial charge in [-0.05, 0) is 25.6 Å². The molecule has 2 nitrogen and oxygen atoms in total. The number of hydrogen-bond acceptors (Lipinski definition) is 2. The van der Waals surface area contributed by atoms with Crippen LogP contribution in [0.1, 0.15) is 6.42 Å². The van der Waals surface area contributed by atoms with Gasteiger partial charge in [0.15, 0.2) is 14.1 Å². The third-order valence-corrected chi connectivity index (χ3v) is 5.55. The lowest BCUT2D eigenvalue weighted by atomic mass is 10.2. The van der Waals surface area contributed by atoms with Gasteiger partial charge in [-0.15, -0.1) is 0 Å². The maximum atomic E-state index is 13.3. The first-order chi connectivity index (χ1) is 9.21. The Kier molecular flexibility index (Phi) is 5.52. The van der Waals surface area contributed by atoms with Gasteiger partial charge in [-0.1, -0.05) is 0 Å². The minimum atomic E-state index is -2.19. The zero-order valence-corrected chi connectivity index (χ0v) is 12.3. The van der Waals surface area contributed by atoms with Crippen molar-refractivity contribution < 1.29 is 31.1 Å². The monoisotopic (exact) mass is 314 g/mol. The lowest BCUT2D eigenvalue weighted by Gasteiger charge is -2.19. The molecule has 0 N–H and O–H groups in total. The Morgan fingerprint density at radius 2 is 1.30 bits per heavy atom. The van der Waals surface area contributed by atoms with E-state index in [4.69, 9.17) is 9.16 Å². The third kappa shape index (κ3) is 3.69. The summed E-state index contributed by atoms with van der Waals surface area (Å²) < 4.78 is 75.1. The van der Waals surface area contributed by atoms with Crippen molar-refractivity contribution >= 4 is 8.32 Å². The van der Waals surface area contributed by atoms with E-state index in [0.717, 1.165) is 0 Å². The van der Waals surface area contributed by atoms with Crippen LogP contribution in [0.2, 0.25) is 19.1 Å². The van der Waals surface area contributed by atoms with Gasteiger partial charge in [0, 0.05) is 7.11 Å². The Morgan fingerprint density at radius 3 is 1.75 bits per heavy atom. The summed E-state index contributed by atoms with van der Waals surface area (Å²) in [6, 6.07) is 0.638. The van der Waals surface area contributed by atoms with E-state index in [-0.39, 0.29) is 6.61 Å². The zero-order chi connectivity index (χ0) is 15.5. The van der Waals surface area contributed by atoms with E-state index in [1.165, 1.54) is 0 Å². The highest BCUT2D eigenvalue weighted by Gasteiger charge is 2.27. The summed E-state index contributed by atoms with van der Waals surface area (Å²) in [7, 11) is -0.282. The lowest BCUT2D eigenvalue weighted by Crippen LogP contribution is -2.28. The highest BCUT2D eigenvalue weighted by molar-refractivity contribution is 6.71. The summed E-state index contributed by atoms with van der Waals surface area (Å²) in [5.41, 5.74) is 0. The van der Waals surface area contributed by atoms with Crippen molar-refractivity contribution in [3.63, 3.8) is 0 Å². The van der Waals surface area contributed by atoms with Crippen molar-refractivity contribution in [2.45, 2.75) is 25.6 Å². The molecule has 0 aliphatic heterocycles. The average Bonchev–Trinajstić information content (AvgIpc) is 2.42. The van der Waals surface area contributed by atoms with Crippen LogP contribution in [0.15, 0.2) is 0 Å². The highest BCUT2D eigenvalue weighted by atomic mass is 28.4. The largest absolute Gasteiger partial charge is 0.487 e. The van der Waals surface area contributed by atoms with E-state index >= 15 is 0 Å². The second kappa shape index (κ2) is 6.53. The average molecular weight is 314 g/mol. The van der Waals surface area contributed by atoms with Gasteiger partial charge < -0.3 is 9.16 Å². The predicted octanol–water partition coefficient (Wildman–Crippen LogP) is 4.00. The van der Waals surface area contributed by atoms with Crippen LogP contribution >= 0.6 is 0 Å². The summed E-state index contributed by atoms with van der Waals surface area (Å²) in [5.74, 6) is -11.4. The first-order valence-corrected chi connectivity index (χ1v) is 9.02. The molecule has 0 bridgehead atoms. The van der Waals surface area contributed by atoms with E-state index in [0.29, 0.717) is 12.5 Å². The van der Waals surface area contributed by atoms with Crippen LogP contribution in [0.3, 0.4) is 0 Å². The fraction of sp³-hybridized carbons (Fsp3) is 0.500. The van der Waals surface area contributed by atoms with Gasteiger partial charge in [0.25, 0.3) is 0 Å². The van der Waals surface area contributed by atoms with Crippen molar-refractivity contribution in [1.82, 2.24) is 0 Å². The number of rotatable bonds is 6.